The average molecular weight is 387 g/mol. The summed E-state index contributed by atoms with van der Waals surface area (Å²) in [6.07, 6.45) is 3.25. The minimum atomic E-state index is -0.524. The predicted octanol–water partition coefficient (Wildman–Crippen LogP) is 4.09. The SMILES string of the molecule is Cc1cccc(Cn2cccc(C(=O)N/N=C\c3ccc(C(C)C)cc3)c2=O)c1. The van der Waals surface area contributed by atoms with Gasteiger partial charge in [0.05, 0.1) is 12.8 Å². The van der Waals surface area contributed by atoms with E-state index in [9.17, 15) is 9.59 Å². The first-order chi connectivity index (χ1) is 13.9. The normalized spacial score (nSPS) is 11.2. The number of hydrazone groups is 1. The fourth-order valence-electron chi connectivity index (χ4n) is 3.03. The van der Waals surface area contributed by atoms with Crippen molar-refractivity contribution < 1.29 is 4.79 Å². The molecular weight excluding hydrogens is 362 g/mol. The molecule has 0 saturated carbocycles. The lowest BCUT2D eigenvalue weighted by molar-refractivity contribution is 0.0953. The number of hydrogen-bond donors (Lipinski definition) is 1. The molecule has 5 nitrogen and oxygen atoms in total. The molecule has 0 radical (unpaired) electrons. The van der Waals surface area contributed by atoms with E-state index in [1.54, 1.807) is 18.5 Å². The Hall–Kier alpha value is -3.47. The van der Waals surface area contributed by atoms with Crippen molar-refractivity contribution >= 4 is 12.1 Å². The third-order valence-corrected chi connectivity index (χ3v) is 4.68. The van der Waals surface area contributed by atoms with Gasteiger partial charge in [-0.1, -0.05) is 67.9 Å². The number of pyridine rings is 1. The molecule has 3 aromatic rings. The predicted molar refractivity (Wildman–Crippen MR) is 117 cm³/mol. The third-order valence-electron chi connectivity index (χ3n) is 4.68. The van der Waals surface area contributed by atoms with Crippen molar-refractivity contribution in [2.24, 2.45) is 5.10 Å². The Balaban J connectivity index is 1.70. The molecule has 1 aromatic heterocycles. The molecule has 0 spiro atoms. The van der Waals surface area contributed by atoms with Gasteiger partial charge in [-0.3, -0.25) is 9.59 Å². The molecule has 0 bridgehead atoms. The number of aryl methyl sites for hydroxylation is 1. The fourth-order valence-corrected chi connectivity index (χ4v) is 3.03. The lowest BCUT2D eigenvalue weighted by atomic mass is 10.0. The maximum absolute atomic E-state index is 12.7. The van der Waals surface area contributed by atoms with Gasteiger partial charge in [0.15, 0.2) is 0 Å². The Kier molecular flexibility index (Phi) is 6.39. The molecular formula is C24H25N3O2. The van der Waals surface area contributed by atoms with E-state index >= 15 is 0 Å². The van der Waals surface area contributed by atoms with E-state index in [-0.39, 0.29) is 11.1 Å². The van der Waals surface area contributed by atoms with Gasteiger partial charge in [0, 0.05) is 6.20 Å². The maximum atomic E-state index is 12.7. The van der Waals surface area contributed by atoms with E-state index in [1.807, 2.05) is 55.5 Å². The topological polar surface area (TPSA) is 63.5 Å². The second-order valence-electron chi connectivity index (χ2n) is 7.36. The number of carbonyl (C=O) groups is 1. The van der Waals surface area contributed by atoms with Crippen LogP contribution >= 0.6 is 0 Å². The van der Waals surface area contributed by atoms with Crippen LogP contribution in [-0.4, -0.2) is 16.7 Å². The molecule has 3 rings (SSSR count). The van der Waals surface area contributed by atoms with Crippen molar-refractivity contribution in [1.82, 2.24) is 9.99 Å². The van der Waals surface area contributed by atoms with Gasteiger partial charge >= 0.3 is 0 Å². The largest absolute Gasteiger partial charge is 0.310 e. The van der Waals surface area contributed by atoms with Crippen molar-refractivity contribution in [3.63, 3.8) is 0 Å². The number of hydrogen-bond acceptors (Lipinski definition) is 3. The Morgan fingerprint density at radius 3 is 2.55 bits per heavy atom. The number of rotatable bonds is 6. The number of aromatic nitrogens is 1. The van der Waals surface area contributed by atoms with Crippen LogP contribution in [0.4, 0.5) is 0 Å². The summed E-state index contributed by atoms with van der Waals surface area (Å²) in [5, 5.41) is 3.99. The van der Waals surface area contributed by atoms with Crippen molar-refractivity contribution in [3.05, 3.63) is 105 Å². The molecule has 148 valence electrons. The van der Waals surface area contributed by atoms with Crippen LogP contribution in [-0.2, 0) is 6.54 Å². The molecule has 0 unspecified atom stereocenters. The van der Waals surface area contributed by atoms with Gasteiger partial charge in [-0.2, -0.15) is 5.10 Å². The van der Waals surface area contributed by atoms with E-state index in [0.717, 1.165) is 16.7 Å². The van der Waals surface area contributed by atoms with Crippen LogP contribution in [0.15, 0.2) is 76.8 Å². The molecule has 0 aliphatic heterocycles. The van der Waals surface area contributed by atoms with Gasteiger partial charge in [-0.05, 0) is 41.7 Å². The maximum Gasteiger partial charge on any atom is 0.276 e. The highest BCUT2D eigenvalue weighted by molar-refractivity contribution is 5.94. The molecule has 2 aromatic carbocycles. The lowest BCUT2D eigenvalue weighted by Gasteiger charge is -2.08. The second kappa shape index (κ2) is 9.15. The van der Waals surface area contributed by atoms with Crippen LogP contribution in [0.25, 0.3) is 0 Å². The number of carbonyl (C=O) groups excluding carboxylic acids is 1. The molecule has 0 aliphatic carbocycles. The van der Waals surface area contributed by atoms with Crippen LogP contribution in [0.5, 0.6) is 0 Å². The first kappa shape index (κ1) is 20.3. The first-order valence-corrected chi connectivity index (χ1v) is 9.62. The van der Waals surface area contributed by atoms with Crippen molar-refractivity contribution in [1.29, 1.82) is 0 Å². The Morgan fingerprint density at radius 1 is 1.10 bits per heavy atom. The highest BCUT2D eigenvalue weighted by atomic mass is 16.2. The van der Waals surface area contributed by atoms with Crippen molar-refractivity contribution in [2.45, 2.75) is 33.2 Å². The summed E-state index contributed by atoms with van der Waals surface area (Å²) >= 11 is 0. The smallest absolute Gasteiger partial charge is 0.276 e. The molecule has 29 heavy (non-hydrogen) atoms. The molecule has 1 heterocycles. The van der Waals surface area contributed by atoms with Gasteiger partial charge in [0.1, 0.15) is 5.56 Å². The zero-order valence-corrected chi connectivity index (χ0v) is 16.9. The van der Waals surface area contributed by atoms with Crippen LogP contribution in [0.3, 0.4) is 0 Å². The summed E-state index contributed by atoms with van der Waals surface area (Å²) in [6, 6.07) is 19.1. The van der Waals surface area contributed by atoms with Gasteiger partial charge in [0.25, 0.3) is 11.5 Å². The van der Waals surface area contributed by atoms with Crippen LogP contribution in [0.1, 0.15) is 52.4 Å². The highest BCUT2D eigenvalue weighted by Crippen LogP contribution is 2.13. The van der Waals surface area contributed by atoms with Crippen LogP contribution < -0.4 is 11.0 Å². The summed E-state index contributed by atoms with van der Waals surface area (Å²) < 4.78 is 1.53. The quantitative estimate of drug-likeness (QED) is 0.511. The summed E-state index contributed by atoms with van der Waals surface area (Å²) in [5.74, 6) is -0.0654. The van der Waals surface area contributed by atoms with E-state index in [2.05, 4.69) is 24.4 Å². The van der Waals surface area contributed by atoms with Crippen LogP contribution in [0, 0.1) is 6.92 Å². The monoisotopic (exact) mass is 387 g/mol. The van der Waals surface area contributed by atoms with E-state index in [0.29, 0.717) is 12.5 Å². The highest BCUT2D eigenvalue weighted by Gasteiger charge is 2.11. The Bertz CT molecular complexity index is 1080. The summed E-state index contributed by atoms with van der Waals surface area (Å²) in [5.41, 5.74) is 6.41. The number of nitrogens with zero attached hydrogens (tertiary/aromatic N) is 2. The molecule has 0 saturated heterocycles. The number of nitrogens with one attached hydrogen (secondary N) is 1. The van der Waals surface area contributed by atoms with Crippen molar-refractivity contribution in [2.75, 3.05) is 0 Å². The van der Waals surface area contributed by atoms with Gasteiger partial charge in [-0.25, -0.2) is 5.43 Å². The zero-order valence-electron chi connectivity index (χ0n) is 16.9. The molecule has 0 atom stereocenters. The standard InChI is InChI=1S/C24H25N3O2/c1-17(2)21-11-9-19(10-12-21)15-25-26-23(28)22-8-5-13-27(24(22)29)16-20-7-4-6-18(3)14-20/h4-15,17H,16H2,1-3H3,(H,26,28)/b25-15-. The Morgan fingerprint density at radius 2 is 1.86 bits per heavy atom. The van der Waals surface area contributed by atoms with E-state index < -0.39 is 5.91 Å². The number of benzene rings is 2. The minimum Gasteiger partial charge on any atom is -0.310 e. The van der Waals surface area contributed by atoms with Gasteiger partial charge in [-0.15, -0.1) is 0 Å². The first-order valence-electron chi connectivity index (χ1n) is 9.62. The number of amides is 1. The second-order valence-corrected chi connectivity index (χ2v) is 7.36. The molecule has 0 aliphatic rings. The fraction of sp³-hybridized carbons (Fsp3) is 0.208. The Labute approximate surface area is 170 Å². The minimum absolute atomic E-state index is 0.0625. The molecule has 1 N–H and O–H groups in total. The lowest BCUT2D eigenvalue weighted by Crippen LogP contribution is -2.30. The average Bonchev–Trinajstić information content (AvgIpc) is 2.70. The molecule has 5 heteroatoms. The van der Waals surface area contributed by atoms with E-state index in [4.69, 9.17) is 0 Å². The molecule has 1 amide bonds. The van der Waals surface area contributed by atoms with Crippen molar-refractivity contribution in [3.8, 4) is 0 Å². The summed E-state index contributed by atoms with van der Waals surface area (Å²) in [6.45, 7) is 6.68. The summed E-state index contributed by atoms with van der Waals surface area (Å²) in [4.78, 5) is 25.1. The van der Waals surface area contributed by atoms with Crippen LogP contribution in [0.2, 0.25) is 0 Å². The zero-order chi connectivity index (χ0) is 20.8. The summed E-state index contributed by atoms with van der Waals surface area (Å²) in [7, 11) is 0. The third kappa shape index (κ3) is 5.29. The van der Waals surface area contributed by atoms with Gasteiger partial charge in [0.2, 0.25) is 0 Å². The molecule has 0 fully saturated rings. The van der Waals surface area contributed by atoms with Gasteiger partial charge < -0.3 is 4.57 Å². The van der Waals surface area contributed by atoms with E-state index in [1.165, 1.54) is 16.2 Å².